The molecule has 1 aliphatic carbocycles. The van der Waals surface area contributed by atoms with E-state index >= 15 is 0 Å². The molecule has 2 atom stereocenters. The number of rotatable bonds is 8. The molecule has 0 saturated heterocycles. The molecule has 4 rings (SSSR count). The quantitative estimate of drug-likeness (QED) is 0.302. The Hall–Kier alpha value is -3.26. The Balaban J connectivity index is 1.66. The van der Waals surface area contributed by atoms with Crippen molar-refractivity contribution in [1.29, 1.82) is 0 Å². The molecule has 36 heavy (non-hydrogen) atoms. The molecule has 1 saturated carbocycles. The number of carboxylic acids is 1. The van der Waals surface area contributed by atoms with Crippen LogP contribution < -0.4 is 10.1 Å². The van der Waals surface area contributed by atoms with Crippen LogP contribution in [0.3, 0.4) is 0 Å². The Labute approximate surface area is 216 Å². The number of hydrogen-bond donors (Lipinski definition) is 2. The number of anilines is 1. The first kappa shape index (κ1) is 25.8. The van der Waals surface area contributed by atoms with Crippen LogP contribution in [0.5, 0.6) is 5.75 Å². The monoisotopic (exact) mass is 557 g/mol. The highest BCUT2D eigenvalue weighted by Gasteiger charge is 2.33. The van der Waals surface area contributed by atoms with Crippen molar-refractivity contribution in [2.45, 2.75) is 51.0 Å². The van der Waals surface area contributed by atoms with Crippen LogP contribution in [0.4, 0.5) is 14.5 Å². The SMILES string of the molecule is CCC(=O)Nc1cc(C(=O)O)cc(C2CCCC2c2cc(Br)ccc2OCc2ccc(F)cc2F)c1. The van der Waals surface area contributed by atoms with Crippen molar-refractivity contribution < 1.29 is 28.2 Å². The molecule has 3 aromatic rings. The normalized spacial score (nSPS) is 17.1. The minimum Gasteiger partial charge on any atom is -0.489 e. The van der Waals surface area contributed by atoms with Gasteiger partial charge in [-0.05, 0) is 84.3 Å². The predicted molar refractivity (Wildman–Crippen MR) is 136 cm³/mol. The molecule has 1 aliphatic rings. The maximum atomic E-state index is 14.2. The first-order valence-electron chi connectivity index (χ1n) is 11.8. The van der Waals surface area contributed by atoms with Crippen molar-refractivity contribution in [3.05, 3.63) is 93.0 Å². The van der Waals surface area contributed by atoms with Gasteiger partial charge in [0.2, 0.25) is 5.91 Å². The molecule has 0 bridgehead atoms. The molecule has 0 radical (unpaired) electrons. The third-order valence-corrected chi connectivity index (χ3v) is 7.01. The number of ether oxygens (including phenoxy) is 1. The fourth-order valence-electron chi connectivity index (χ4n) is 4.78. The third-order valence-electron chi connectivity index (χ3n) is 6.52. The van der Waals surface area contributed by atoms with Gasteiger partial charge in [0.25, 0.3) is 0 Å². The zero-order valence-electron chi connectivity index (χ0n) is 19.7. The van der Waals surface area contributed by atoms with E-state index in [2.05, 4.69) is 21.2 Å². The number of carbonyl (C=O) groups excluding carboxylic acids is 1. The highest BCUT2D eigenvalue weighted by atomic mass is 79.9. The highest BCUT2D eigenvalue weighted by molar-refractivity contribution is 9.10. The molecule has 1 amide bonds. The molecular weight excluding hydrogens is 532 g/mol. The minimum absolute atomic E-state index is 0.000728. The minimum atomic E-state index is -1.06. The van der Waals surface area contributed by atoms with Crippen molar-refractivity contribution in [3.8, 4) is 5.75 Å². The molecule has 0 aromatic heterocycles. The van der Waals surface area contributed by atoms with E-state index in [9.17, 15) is 23.5 Å². The standard InChI is InChI=1S/C28H26BrF2NO4/c1-2-27(33)32-21-11-17(10-18(12-21)28(34)35)22-4-3-5-23(22)24-13-19(29)7-9-26(24)36-15-16-6-8-20(30)14-25(16)31/h6-14,22-23H,2-5,15H2,1H3,(H,32,33)(H,34,35). The maximum Gasteiger partial charge on any atom is 0.335 e. The lowest BCUT2D eigenvalue weighted by atomic mass is 9.83. The molecule has 3 aromatic carbocycles. The molecular formula is C28H26BrF2NO4. The lowest BCUT2D eigenvalue weighted by Crippen LogP contribution is -2.13. The summed E-state index contributed by atoms with van der Waals surface area (Å²) in [5, 5.41) is 12.4. The summed E-state index contributed by atoms with van der Waals surface area (Å²) < 4.78 is 34.3. The van der Waals surface area contributed by atoms with Gasteiger partial charge in [0.05, 0.1) is 5.56 Å². The number of hydrogen-bond acceptors (Lipinski definition) is 3. The van der Waals surface area contributed by atoms with E-state index in [4.69, 9.17) is 4.74 Å². The molecule has 188 valence electrons. The summed E-state index contributed by atoms with van der Waals surface area (Å²) in [6, 6.07) is 14.0. The molecule has 0 aliphatic heterocycles. The third kappa shape index (κ3) is 5.93. The van der Waals surface area contributed by atoms with Gasteiger partial charge in [-0.1, -0.05) is 29.3 Å². The summed E-state index contributed by atoms with van der Waals surface area (Å²) in [5.41, 5.74) is 2.58. The van der Waals surface area contributed by atoms with Crippen LogP contribution in [-0.2, 0) is 11.4 Å². The van der Waals surface area contributed by atoms with Gasteiger partial charge in [-0.15, -0.1) is 0 Å². The van der Waals surface area contributed by atoms with E-state index in [1.54, 1.807) is 13.0 Å². The summed E-state index contributed by atoms with van der Waals surface area (Å²) in [7, 11) is 0. The Kier molecular flexibility index (Phi) is 8.04. The van der Waals surface area contributed by atoms with Crippen LogP contribution in [0.15, 0.2) is 59.1 Å². The average Bonchev–Trinajstić information content (AvgIpc) is 3.33. The zero-order valence-corrected chi connectivity index (χ0v) is 21.3. The smallest absolute Gasteiger partial charge is 0.335 e. The van der Waals surface area contributed by atoms with Gasteiger partial charge in [-0.25, -0.2) is 13.6 Å². The lowest BCUT2D eigenvalue weighted by molar-refractivity contribution is -0.115. The summed E-state index contributed by atoms with van der Waals surface area (Å²) in [6.07, 6.45) is 2.91. The van der Waals surface area contributed by atoms with Crippen molar-refractivity contribution in [2.24, 2.45) is 0 Å². The van der Waals surface area contributed by atoms with Crippen molar-refractivity contribution >= 4 is 33.5 Å². The first-order chi connectivity index (χ1) is 17.2. The Morgan fingerprint density at radius 3 is 2.56 bits per heavy atom. The van der Waals surface area contributed by atoms with E-state index < -0.39 is 17.6 Å². The topological polar surface area (TPSA) is 75.6 Å². The van der Waals surface area contributed by atoms with Crippen LogP contribution in [-0.4, -0.2) is 17.0 Å². The van der Waals surface area contributed by atoms with Crippen LogP contribution in [0.25, 0.3) is 0 Å². The van der Waals surface area contributed by atoms with E-state index in [0.29, 0.717) is 11.4 Å². The highest BCUT2D eigenvalue weighted by Crippen LogP contribution is 2.49. The number of benzene rings is 3. The largest absolute Gasteiger partial charge is 0.489 e. The van der Waals surface area contributed by atoms with E-state index in [0.717, 1.165) is 40.9 Å². The van der Waals surface area contributed by atoms with Crippen LogP contribution >= 0.6 is 15.9 Å². The molecule has 5 nitrogen and oxygen atoms in total. The number of halogens is 3. The zero-order chi connectivity index (χ0) is 25.8. The van der Waals surface area contributed by atoms with Crippen LogP contribution in [0.2, 0.25) is 0 Å². The van der Waals surface area contributed by atoms with Crippen molar-refractivity contribution in [3.63, 3.8) is 0 Å². The number of amides is 1. The summed E-state index contributed by atoms with van der Waals surface area (Å²) in [4.78, 5) is 23.8. The van der Waals surface area contributed by atoms with E-state index in [-0.39, 0.29) is 41.9 Å². The van der Waals surface area contributed by atoms with Crippen LogP contribution in [0, 0.1) is 11.6 Å². The lowest BCUT2D eigenvalue weighted by Gasteiger charge is -2.24. The Bertz CT molecular complexity index is 1300. The molecule has 8 heteroatoms. The second-order valence-electron chi connectivity index (χ2n) is 8.90. The molecule has 2 unspecified atom stereocenters. The van der Waals surface area contributed by atoms with Gasteiger partial charge in [-0.2, -0.15) is 0 Å². The number of carbonyl (C=O) groups is 2. The van der Waals surface area contributed by atoms with Gasteiger partial charge in [0.15, 0.2) is 0 Å². The van der Waals surface area contributed by atoms with Gasteiger partial charge >= 0.3 is 5.97 Å². The van der Waals surface area contributed by atoms with E-state index in [1.165, 1.54) is 18.2 Å². The summed E-state index contributed by atoms with van der Waals surface area (Å²) in [6.45, 7) is 1.68. The van der Waals surface area contributed by atoms with Gasteiger partial charge in [0, 0.05) is 28.2 Å². The fourth-order valence-corrected chi connectivity index (χ4v) is 5.16. The van der Waals surface area contributed by atoms with Crippen LogP contribution in [0.1, 0.15) is 71.5 Å². The summed E-state index contributed by atoms with van der Waals surface area (Å²) in [5.74, 6) is -1.96. The van der Waals surface area contributed by atoms with Gasteiger partial charge in [0.1, 0.15) is 24.0 Å². The summed E-state index contributed by atoms with van der Waals surface area (Å²) >= 11 is 3.53. The first-order valence-corrected chi connectivity index (χ1v) is 12.6. The predicted octanol–water partition coefficient (Wildman–Crippen LogP) is 7.40. The molecule has 2 N–H and O–H groups in total. The maximum absolute atomic E-state index is 14.2. The average molecular weight is 558 g/mol. The second-order valence-corrected chi connectivity index (χ2v) is 9.82. The molecule has 1 fully saturated rings. The van der Waals surface area contributed by atoms with Gasteiger partial charge < -0.3 is 15.2 Å². The molecule has 0 spiro atoms. The Morgan fingerprint density at radius 1 is 1.06 bits per heavy atom. The van der Waals surface area contributed by atoms with Gasteiger partial charge in [-0.3, -0.25) is 4.79 Å². The van der Waals surface area contributed by atoms with Crippen molar-refractivity contribution in [2.75, 3.05) is 5.32 Å². The van der Waals surface area contributed by atoms with Crippen molar-refractivity contribution in [1.82, 2.24) is 0 Å². The number of nitrogens with one attached hydrogen (secondary N) is 1. The Morgan fingerprint density at radius 2 is 1.83 bits per heavy atom. The molecule has 0 heterocycles. The number of carboxylic acid groups (broad SMARTS) is 1. The second kappa shape index (κ2) is 11.2. The fraction of sp³-hybridized carbons (Fsp3) is 0.286. The number of aromatic carboxylic acids is 1. The van der Waals surface area contributed by atoms with E-state index in [1.807, 2.05) is 24.3 Å².